The maximum atomic E-state index is 13.1. The fourth-order valence-electron chi connectivity index (χ4n) is 6.78. The summed E-state index contributed by atoms with van der Waals surface area (Å²) in [7, 11) is 0. The highest BCUT2D eigenvalue weighted by atomic mass is 19.3. The topological polar surface area (TPSA) is 0 Å². The summed E-state index contributed by atoms with van der Waals surface area (Å²) in [6.45, 7) is 6.73. The summed E-state index contributed by atoms with van der Waals surface area (Å²) in [6, 6.07) is 18.8. The van der Waals surface area contributed by atoms with E-state index in [1.165, 1.54) is 50.5 Å². The van der Waals surface area contributed by atoms with Crippen LogP contribution in [0.1, 0.15) is 87.3 Å². The van der Waals surface area contributed by atoms with E-state index in [1.54, 1.807) is 0 Å². The van der Waals surface area contributed by atoms with E-state index >= 15 is 0 Å². The molecule has 0 aliphatic heterocycles. The Bertz CT molecular complexity index is 877. The molecule has 172 valence electrons. The normalized spacial score (nSPS) is 28.2. The van der Waals surface area contributed by atoms with Crippen molar-refractivity contribution < 1.29 is 8.78 Å². The van der Waals surface area contributed by atoms with Gasteiger partial charge in [-0.1, -0.05) is 80.9 Å². The molecule has 1 spiro atoms. The van der Waals surface area contributed by atoms with Gasteiger partial charge in [0, 0.05) is 6.42 Å². The van der Waals surface area contributed by atoms with Crippen LogP contribution in [-0.2, 0) is 6.42 Å². The Kier molecular flexibility index (Phi) is 7.48. The predicted molar refractivity (Wildman–Crippen MR) is 131 cm³/mol. The Balaban J connectivity index is 1.47. The molecule has 0 radical (unpaired) electrons. The molecule has 0 heterocycles. The molecule has 0 bridgehead atoms. The van der Waals surface area contributed by atoms with Crippen molar-refractivity contribution >= 4 is 5.57 Å². The smallest absolute Gasteiger partial charge is 0.210 e. The first-order valence-electron chi connectivity index (χ1n) is 12.6. The molecule has 2 fully saturated rings. The van der Waals surface area contributed by atoms with Crippen molar-refractivity contribution in [1.82, 2.24) is 0 Å². The lowest BCUT2D eigenvalue weighted by Crippen LogP contribution is -2.36. The molecule has 2 aliphatic rings. The van der Waals surface area contributed by atoms with Gasteiger partial charge in [-0.15, -0.1) is 0 Å². The molecule has 2 aliphatic carbocycles. The lowest BCUT2D eigenvalue weighted by Gasteiger charge is -2.49. The van der Waals surface area contributed by atoms with Gasteiger partial charge in [0.25, 0.3) is 0 Å². The Morgan fingerprint density at radius 2 is 1.69 bits per heavy atom. The highest BCUT2D eigenvalue weighted by Gasteiger charge is 2.43. The number of rotatable bonds is 7. The zero-order valence-corrected chi connectivity index (χ0v) is 19.5. The summed E-state index contributed by atoms with van der Waals surface area (Å²) in [5.41, 5.74) is 4.75. The molecule has 0 amide bonds. The average molecular weight is 437 g/mol. The van der Waals surface area contributed by atoms with Crippen molar-refractivity contribution in [2.24, 2.45) is 17.3 Å². The molecule has 4 rings (SSSR count). The van der Waals surface area contributed by atoms with Gasteiger partial charge in [-0.05, 0) is 90.4 Å². The summed E-state index contributed by atoms with van der Waals surface area (Å²) in [5, 5.41) is 0. The lowest BCUT2D eigenvalue weighted by atomic mass is 9.56. The monoisotopic (exact) mass is 436 g/mol. The summed E-state index contributed by atoms with van der Waals surface area (Å²) < 4.78 is 26.2. The van der Waals surface area contributed by atoms with Gasteiger partial charge >= 0.3 is 0 Å². The van der Waals surface area contributed by atoms with Crippen LogP contribution in [-0.4, -0.2) is 6.43 Å². The van der Waals surface area contributed by atoms with E-state index in [-0.39, 0.29) is 6.42 Å². The van der Waals surface area contributed by atoms with Crippen LogP contribution in [0.3, 0.4) is 0 Å². The van der Waals surface area contributed by atoms with Crippen LogP contribution in [0.4, 0.5) is 8.78 Å². The van der Waals surface area contributed by atoms with Crippen LogP contribution in [0, 0.1) is 17.3 Å². The highest BCUT2D eigenvalue weighted by Crippen LogP contribution is 2.56. The van der Waals surface area contributed by atoms with Crippen molar-refractivity contribution in [1.29, 1.82) is 0 Å². The molecule has 2 unspecified atom stereocenters. The van der Waals surface area contributed by atoms with E-state index in [0.717, 1.165) is 35.5 Å². The number of hydrogen-bond acceptors (Lipinski definition) is 0. The second kappa shape index (κ2) is 10.3. The summed E-state index contributed by atoms with van der Waals surface area (Å²) in [6.07, 6.45) is 8.89. The van der Waals surface area contributed by atoms with Crippen molar-refractivity contribution in [3.63, 3.8) is 0 Å². The Morgan fingerprint density at radius 3 is 2.38 bits per heavy atom. The molecule has 0 nitrogen and oxygen atoms in total. The van der Waals surface area contributed by atoms with Crippen LogP contribution in [0.2, 0.25) is 0 Å². The minimum absolute atomic E-state index is 0.177. The molecule has 2 aromatic carbocycles. The Hall–Kier alpha value is -1.96. The van der Waals surface area contributed by atoms with E-state index in [2.05, 4.69) is 43.8 Å². The highest BCUT2D eigenvalue weighted by molar-refractivity contribution is 5.68. The second-order valence-corrected chi connectivity index (χ2v) is 10.5. The summed E-state index contributed by atoms with van der Waals surface area (Å²) in [5.74, 6) is 1.92. The Morgan fingerprint density at radius 1 is 1.00 bits per heavy atom. The molecule has 2 aromatic rings. The molecule has 0 saturated heterocycles. The van der Waals surface area contributed by atoms with Gasteiger partial charge in [-0.3, -0.25) is 0 Å². The van der Waals surface area contributed by atoms with Crippen LogP contribution >= 0.6 is 0 Å². The number of hydrogen-bond donors (Lipinski definition) is 0. The van der Waals surface area contributed by atoms with Gasteiger partial charge in [-0.25, -0.2) is 8.78 Å². The second-order valence-electron chi connectivity index (χ2n) is 10.5. The van der Waals surface area contributed by atoms with Crippen LogP contribution in [0.15, 0.2) is 61.2 Å². The molecular weight excluding hydrogens is 398 g/mol. The summed E-state index contributed by atoms with van der Waals surface area (Å²) >= 11 is 0. The van der Waals surface area contributed by atoms with Crippen molar-refractivity contribution in [2.45, 2.75) is 83.5 Å². The largest absolute Gasteiger partial charge is 0.242 e. The fourth-order valence-corrected chi connectivity index (χ4v) is 6.78. The van der Waals surface area contributed by atoms with Crippen LogP contribution in [0.5, 0.6) is 0 Å². The predicted octanol–water partition coefficient (Wildman–Crippen LogP) is 9.07. The van der Waals surface area contributed by atoms with E-state index in [9.17, 15) is 8.78 Å². The maximum absolute atomic E-state index is 13.1. The third-order valence-corrected chi connectivity index (χ3v) is 8.26. The van der Waals surface area contributed by atoms with Crippen molar-refractivity contribution in [2.75, 3.05) is 0 Å². The van der Waals surface area contributed by atoms with E-state index in [1.807, 2.05) is 24.3 Å². The molecule has 0 aromatic heterocycles. The van der Waals surface area contributed by atoms with E-state index in [0.29, 0.717) is 17.3 Å². The average Bonchev–Trinajstić information content (AvgIpc) is 2.80. The zero-order valence-electron chi connectivity index (χ0n) is 19.5. The molecule has 0 N–H and O–H groups in total. The third kappa shape index (κ3) is 5.33. The van der Waals surface area contributed by atoms with Crippen molar-refractivity contribution in [3.8, 4) is 0 Å². The van der Waals surface area contributed by atoms with Gasteiger partial charge in [0.1, 0.15) is 0 Å². The molecule has 2 atom stereocenters. The first-order chi connectivity index (χ1) is 15.5. The maximum Gasteiger partial charge on any atom is 0.242 e. The van der Waals surface area contributed by atoms with Gasteiger partial charge in [0.15, 0.2) is 0 Å². The quantitative estimate of drug-likeness (QED) is 0.406. The SMILES string of the molecule is C=C(c1ccccc1CC(F)F)C1CCC2(CC1)CC(CCC)CC(c1ccccc1)C2. The third-order valence-electron chi connectivity index (χ3n) is 8.26. The minimum atomic E-state index is -2.31. The number of halogens is 2. The number of allylic oxidation sites excluding steroid dienone is 1. The molecule has 2 saturated carbocycles. The fraction of sp³-hybridized carbons (Fsp3) is 0.533. The number of benzene rings is 2. The molecule has 2 heteroatoms. The first-order valence-corrected chi connectivity index (χ1v) is 12.6. The molecule has 32 heavy (non-hydrogen) atoms. The zero-order chi connectivity index (χ0) is 22.6. The Labute approximate surface area is 193 Å². The van der Waals surface area contributed by atoms with E-state index < -0.39 is 6.43 Å². The van der Waals surface area contributed by atoms with Gasteiger partial charge in [0.05, 0.1) is 0 Å². The van der Waals surface area contributed by atoms with Gasteiger partial charge < -0.3 is 0 Å². The minimum Gasteiger partial charge on any atom is -0.210 e. The van der Waals surface area contributed by atoms with Crippen LogP contribution in [0.25, 0.3) is 5.57 Å². The lowest BCUT2D eigenvalue weighted by molar-refractivity contribution is 0.0608. The van der Waals surface area contributed by atoms with Crippen LogP contribution < -0.4 is 0 Å². The summed E-state index contributed by atoms with van der Waals surface area (Å²) in [4.78, 5) is 0. The first kappa shape index (κ1) is 23.2. The molecular formula is C30H38F2. The standard InChI is InChI=1S/C30H38F2/c1-3-9-23-18-27(25-10-5-4-6-11-25)21-30(20-23)16-14-24(15-17-30)22(2)28-13-8-7-12-26(28)19-29(31)32/h4-8,10-13,23-24,27,29H,2-3,9,14-21H2,1H3. The number of alkyl halides is 2. The van der Waals surface area contributed by atoms with Gasteiger partial charge in [-0.2, -0.15) is 0 Å². The van der Waals surface area contributed by atoms with Crippen molar-refractivity contribution in [3.05, 3.63) is 77.9 Å². The van der Waals surface area contributed by atoms with E-state index in [4.69, 9.17) is 0 Å². The van der Waals surface area contributed by atoms with Gasteiger partial charge in [0.2, 0.25) is 6.43 Å².